The van der Waals surface area contributed by atoms with Gasteiger partial charge in [-0.15, -0.1) is 0 Å². The maximum absolute atomic E-state index is 11.0. The molecule has 0 aromatic heterocycles. The minimum atomic E-state index is -0.595. The van der Waals surface area contributed by atoms with Crippen molar-refractivity contribution in [1.82, 2.24) is 0 Å². The predicted octanol–water partition coefficient (Wildman–Crippen LogP) is 3.22. The molecule has 7 atom stereocenters. The Bertz CT molecular complexity index is 501. The minimum Gasteiger partial charge on any atom is -0.393 e. The Hall–Kier alpha value is -0.900. The van der Waals surface area contributed by atoms with Crippen LogP contribution < -0.4 is 0 Å². The van der Waals surface area contributed by atoms with E-state index in [1.54, 1.807) is 0 Å². The Labute approximate surface area is 140 Å². The van der Waals surface area contributed by atoms with Crippen molar-refractivity contribution in [3.63, 3.8) is 0 Å². The normalized spacial score (nSPS) is 36.7. The highest BCUT2D eigenvalue weighted by Gasteiger charge is 2.45. The van der Waals surface area contributed by atoms with E-state index in [1.807, 2.05) is 26.8 Å². The summed E-state index contributed by atoms with van der Waals surface area (Å²) in [7, 11) is 0. The number of aliphatic hydroxyl groups is 3. The van der Waals surface area contributed by atoms with Crippen LogP contribution in [0.3, 0.4) is 0 Å². The van der Waals surface area contributed by atoms with Gasteiger partial charge in [0.05, 0.1) is 18.3 Å². The molecule has 3 nitrogen and oxygen atoms in total. The third-order valence-corrected chi connectivity index (χ3v) is 5.91. The van der Waals surface area contributed by atoms with E-state index in [-0.39, 0.29) is 23.7 Å². The second-order valence-corrected chi connectivity index (χ2v) is 7.74. The predicted molar refractivity (Wildman–Crippen MR) is 93.8 cm³/mol. The van der Waals surface area contributed by atoms with Crippen LogP contribution in [0.5, 0.6) is 0 Å². The molecule has 3 heteroatoms. The zero-order chi connectivity index (χ0) is 17.3. The van der Waals surface area contributed by atoms with Crippen molar-refractivity contribution in [3.05, 3.63) is 35.5 Å². The van der Waals surface area contributed by atoms with Crippen molar-refractivity contribution in [2.45, 2.75) is 65.3 Å². The zero-order valence-electron chi connectivity index (χ0n) is 14.9. The van der Waals surface area contributed by atoms with Crippen molar-refractivity contribution in [2.75, 3.05) is 0 Å². The highest BCUT2D eigenvalue weighted by Crippen LogP contribution is 2.47. The van der Waals surface area contributed by atoms with Crippen LogP contribution in [0, 0.1) is 23.7 Å². The van der Waals surface area contributed by atoms with Crippen LogP contribution >= 0.6 is 0 Å². The lowest BCUT2D eigenvalue weighted by Gasteiger charge is -2.34. The molecule has 1 saturated carbocycles. The number of fused-ring (bicyclic) bond motifs is 1. The van der Waals surface area contributed by atoms with Gasteiger partial charge >= 0.3 is 0 Å². The molecular weight excluding hydrogens is 288 g/mol. The molecule has 0 aromatic carbocycles. The number of allylic oxidation sites excluding steroid dienone is 2. The summed E-state index contributed by atoms with van der Waals surface area (Å²) < 4.78 is 0. The molecule has 0 aliphatic heterocycles. The molecular formula is C20H32O3. The summed E-state index contributed by atoms with van der Waals surface area (Å²) in [6.45, 7) is 12.2. The summed E-state index contributed by atoms with van der Waals surface area (Å²) in [5, 5.41) is 32.0. The molecule has 2 aliphatic rings. The van der Waals surface area contributed by atoms with E-state index in [9.17, 15) is 15.3 Å². The van der Waals surface area contributed by atoms with Gasteiger partial charge in [0.25, 0.3) is 0 Å². The van der Waals surface area contributed by atoms with Gasteiger partial charge in [-0.05, 0) is 63.4 Å². The SMILES string of the molecule is C=C1C(O)CC(C(C)C(O)CC=C(C)C)C(O)C2C(C)=CCC12. The Morgan fingerprint density at radius 3 is 2.65 bits per heavy atom. The maximum Gasteiger partial charge on any atom is 0.0754 e. The second-order valence-electron chi connectivity index (χ2n) is 7.74. The topological polar surface area (TPSA) is 60.7 Å². The second kappa shape index (κ2) is 7.33. The number of aliphatic hydroxyl groups excluding tert-OH is 3. The highest BCUT2D eigenvalue weighted by molar-refractivity contribution is 5.26. The van der Waals surface area contributed by atoms with Crippen LogP contribution in [0.4, 0.5) is 0 Å². The fourth-order valence-corrected chi connectivity index (χ4v) is 4.25. The van der Waals surface area contributed by atoms with Crippen LogP contribution in [-0.4, -0.2) is 33.6 Å². The van der Waals surface area contributed by atoms with Gasteiger partial charge in [0.15, 0.2) is 0 Å². The van der Waals surface area contributed by atoms with E-state index < -0.39 is 18.3 Å². The first-order valence-electron chi connectivity index (χ1n) is 8.77. The Morgan fingerprint density at radius 1 is 1.39 bits per heavy atom. The standard InChI is InChI=1S/C20H32O3/c1-11(2)6-9-17(21)14(5)16-10-18(22)13(4)15-8-7-12(3)19(15)20(16)23/h6-7,14-23H,4,8-10H2,1-3,5H3. The van der Waals surface area contributed by atoms with Gasteiger partial charge < -0.3 is 15.3 Å². The van der Waals surface area contributed by atoms with Crippen LogP contribution in [0.25, 0.3) is 0 Å². The number of hydrogen-bond donors (Lipinski definition) is 3. The monoisotopic (exact) mass is 320 g/mol. The average Bonchev–Trinajstić information content (AvgIpc) is 2.85. The molecule has 2 aliphatic carbocycles. The molecule has 0 saturated heterocycles. The molecule has 0 spiro atoms. The van der Waals surface area contributed by atoms with Gasteiger partial charge in [-0.3, -0.25) is 0 Å². The van der Waals surface area contributed by atoms with Crippen molar-refractivity contribution in [3.8, 4) is 0 Å². The number of rotatable bonds is 4. The lowest BCUT2D eigenvalue weighted by atomic mass is 9.75. The molecule has 0 heterocycles. The van der Waals surface area contributed by atoms with Crippen LogP contribution in [0.15, 0.2) is 35.5 Å². The van der Waals surface area contributed by atoms with E-state index in [4.69, 9.17) is 0 Å². The third-order valence-electron chi connectivity index (χ3n) is 5.91. The smallest absolute Gasteiger partial charge is 0.0754 e. The van der Waals surface area contributed by atoms with Gasteiger partial charge in [0.2, 0.25) is 0 Å². The quantitative estimate of drug-likeness (QED) is 0.697. The molecule has 2 rings (SSSR count). The molecule has 0 aromatic rings. The summed E-state index contributed by atoms with van der Waals surface area (Å²) in [6, 6.07) is 0. The minimum absolute atomic E-state index is 0.0303. The van der Waals surface area contributed by atoms with Crippen LogP contribution in [0.1, 0.15) is 47.0 Å². The van der Waals surface area contributed by atoms with Crippen LogP contribution in [0.2, 0.25) is 0 Å². The Kier molecular flexibility index (Phi) is 5.88. The molecule has 23 heavy (non-hydrogen) atoms. The summed E-state index contributed by atoms with van der Waals surface area (Å²) in [5.74, 6) is -0.0381. The lowest BCUT2D eigenvalue weighted by molar-refractivity contribution is -0.0166. The maximum atomic E-state index is 11.0. The molecule has 0 radical (unpaired) electrons. The fraction of sp³-hybridized carbons (Fsp3) is 0.700. The summed E-state index contributed by atoms with van der Waals surface area (Å²) in [5.41, 5.74) is 3.21. The number of hydrogen-bond acceptors (Lipinski definition) is 3. The summed E-state index contributed by atoms with van der Waals surface area (Å²) in [6.07, 6.45) is 4.47. The first-order chi connectivity index (χ1) is 10.7. The zero-order valence-corrected chi connectivity index (χ0v) is 14.9. The van der Waals surface area contributed by atoms with E-state index in [0.717, 1.165) is 12.0 Å². The highest BCUT2D eigenvalue weighted by atomic mass is 16.3. The Balaban J connectivity index is 2.21. The Morgan fingerprint density at radius 2 is 2.04 bits per heavy atom. The van der Waals surface area contributed by atoms with E-state index >= 15 is 0 Å². The van der Waals surface area contributed by atoms with E-state index in [2.05, 4.69) is 19.6 Å². The molecule has 7 unspecified atom stereocenters. The van der Waals surface area contributed by atoms with Gasteiger partial charge in [0.1, 0.15) is 0 Å². The molecule has 130 valence electrons. The van der Waals surface area contributed by atoms with Crippen molar-refractivity contribution in [1.29, 1.82) is 0 Å². The summed E-state index contributed by atoms with van der Waals surface area (Å²) >= 11 is 0. The fourth-order valence-electron chi connectivity index (χ4n) is 4.25. The van der Waals surface area contributed by atoms with Crippen molar-refractivity contribution in [2.24, 2.45) is 23.7 Å². The van der Waals surface area contributed by atoms with Crippen LogP contribution in [-0.2, 0) is 0 Å². The third kappa shape index (κ3) is 3.78. The van der Waals surface area contributed by atoms with E-state index in [1.165, 1.54) is 11.1 Å². The molecule has 1 fully saturated rings. The summed E-state index contributed by atoms with van der Waals surface area (Å²) in [4.78, 5) is 0. The first-order valence-corrected chi connectivity index (χ1v) is 8.77. The van der Waals surface area contributed by atoms with Gasteiger partial charge in [-0.25, -0.2) is 0 Å². The average molecular weight is 320 g/mol. The van der Waals surface area contributed by atoms with Gasteiger partial charge in [-0.1, -0.05) is 36.8 Å². The van der Waals surface area contributed by atoms with Crippen molar-refractivity contribution >= 4 is 0 Å². The van der Waals surface area contributed by atoms with E-state index in [0.29, 0.717) is 12.8 Å². The van der Waals surface area contributed by atoms with Crippen molar-refractivity contribution < 1.29 is 15.3 Å². The van der Waals surface area contributed by atoms with Gasteiger partial charge in [0, 0.05) is 5.92 Å². The molecule has 3 N–H and O–H groups in total. The lowest BCUT2D eigenvalue weighted by Crippen LogP contribution is -2.38. The first kappa shape index (κ1) is 18.4. The molecule has 0 amide bonds. The molecule has 0 bridgehead atoms. The largest absolute Gasteiger partial charge is 0.393 e. The van der Waals surface area contributed by atoms with Gasteiger partial charge in [-0.2, -0.15) is 0 Å².